The van der Waals surface area contributed by atoms with Crippen LogP contribution in [0.4, 0.5) is 0 Å². The second kappa shape index (κ2) is 7.54. The zero-order chi connectivity index (χ0) is 17.8. The second-order valence-electron chi connectivity index (χ2n) is 5.91. The number of thiophene rings is 1. The number of fused-ring (bicyclic) bond motifs is 1. The Bertz CT molecular complexity index is 1060. The third-order valence-electron chi connectivity index (χ3n) is 4.15. The van der Waals surface area contributed by atoms with Gasteiger partial charge in [-0.2, -0.15) is 5.10 Å². The maximum Gasteiger partial charge on any atom is 0.274 e. The van der Waals surface area contributed by atoms with Crippen LogP contribution in [0.25, 0.3) is 21.3 Å². The van der Waals surface area contributed by atoms with E-state index in [4.69, 9.17) is 4.74 Å². The van der Waals surface area contributed by atoms with E-state index >= 15 is 0 Å². The molecule has 2 aromatic heterocycles. The summed E-state index contributed by atoms with van der Waals surface area (Å²) >= 11 is 1.63. The largest absolute Gasteiger partial charge is 0.494 e. The summed E-state index contributed by atoms with van der Waals surface area (Å²) < 4.78 is 7.28. The van der Waals surface area contributed by atoms with Gasteiger partial charge in [0.2, 0.25) is 0 Å². The molecule has 4 nitrogen and oxygen atoms in total. The van der Waals surface area contributed by atoms with E-state index in [1.807, 2.05) is 72.1 Å². The molecule has 0 aliphatic carbocycles. The lowest BCUT2D eigenvalue weighted by Crippen LogP contribution is -2.24. The summed E-state index contributed by atoms with van der Waals surface area (Å²) in [4.78, 5) is 13.8. The monoisotopic (exact) mass is 362 g/mol. The summed E-state index contributed by atoms with van der Waals surface area (Å²) in [5, 5.41) is 8.27. The third-order valence-corrected chi connectivity index (χ3v) is 5.03. The van der Waals surface area contributed by atoms with Crippen LogP contribution in [-0.4, -0.2) is 16.4 Å². The Kier molecular flexibility index (Phi) is 4.80. The molecule has 0 amide bonds. The molecular weight excluding hydrogens is 344 g/mol. The van der Waals surface area contributed by atoms with Crippen molar-refractivity contribution in [2.24, 2.45) is 0 Å². The van der Waals surface area contributed by atoms with E-state index < -0.39 is 0 Å². The number of hydrogen-bond donors (Lipinski definition) is 0. The minimum atomic E-state index is -0.0550. The van der Waals surface area contributed by atoms with Crippen LogP contribution in [0.3, 0.4) is 0 Å². The molecule has 0 unspecified atom stereocenters. The lowest BCUT2D eigenvalue weighted by atomic mass is 10.1. The average molecular weight is 362 g/mol. The van der Waals surface area contributed by atoms with Gasteiger partial charge in [-0.15, -0.1) is 11.3 Å². The van der Waals surface area contributed by atoms with Gasteiger partial charge in [-0.25, -0.2) is 4.68 Å². The lowest BCUT2D eigenvalue weighted by molar-refractivity contribution is 0.297. The molecule has 0 N–H and O–H groups in total. The number of benzene rings is 2. The molecular formula is C21H18N2O2S. The standard InChI is InChI=1S/C21H18N2O2S/c24-21-18-11-5-4-10-17(18)20(19-12-6-15-26-19)22-23(21)13-7-14-25-16-8-2-1-3-9-16/h1-6,8-12,15H,7,13-14H2. The number of hydrogen-bond acceptors (Lipinski definition) is 4. The summed E-state index contributed by atoms with van der Waals surface area (Å²) in [6, 6.07) is 21.4. The van der Waals surface area contributed by atoms with Crippen LogP contribution in [0.2, 0.25) is 0 Å². The summed E-state index contributed by atoms with van der Waals surface area (Å²) in [5.41, 5.74) is 0.805. The zero-order valence-corrected chi connectivity index (χ0v) is 15.0. The van der Waals surface area contributed by atoms with Crippen molar-refractivity contribution in [1.29, 1.82) is 0 Å². The van der Waals surface area contributed by atoms with Gasteiger partial charge in [-0.1, -0.05) is 42.5 Å². The third kappa shape index (κ3) is 3.39. The van der Waals surface area contributed by atoms with Crippen molar-refractivity contribution >= 4 is 22.1 Å². The van der Waals surface area contributed by atoms with Gasteiger partial charge in [0.25, 0.3) is 5.56 Å². The fraction of sp³-hybridized carbons (Fsp3) is 0.143. The molecule has 0 aliphatic rings. The van der Waals surface area contributed by atoms with E-state index in [0.29, 0.717) is 25.0 Å². The minimum Gasteiger partial charge on any atom is -0.494 e. The first-order valence-electron chi connectivity index (χ1n) is 8.54. The average Bonchev–Trinajstić information content (AvgIpc) is 3.22. The highest BCUT2D eigenvalue weighted by molar-refractivity contribution is 7.13. The van der Waals surface area contributed by atoms with E-state index in [9.17, 15) is 4.79 Å². The number of para-hydroxylation sites is 1. The molecule has 0 saturated heterocycles. The van der Waals surface area contributed by atoms with Gasteiger partial charge in [0.05, 0.1) is 16.9 Å². The normalized spacial score (nSPS) is 10.9. The molecule has 5 heteroatoms. The molecule has 0 radical (unpaired) electrons. The maximum absolute atomic E-state index is 12.8. The molecule has 2 heterocycles. The van der Waals surface area contributed by atoms with Crippen LogP contribution in [0.1, 0.15) is 6.42 Å². The van der Waals surface area contributed by atoms with Gasteiger partial charge in [-0.3, -0.25) is 4.79 Å². The zero-order valence-electron chi connectivity index (χ0n) is 14.2. The van der Waals surface area contributed by atoms with Crippen molar-refractivity contribution in [2.45, 2.75) is 13.0 Å². The Hall–Kier alpha value is -2.92. The van der Waals surface area contributed by atoms with Crippen LogP contribution in [0.5, 0.6) is 5.75 Å². The van der Waals surface area contributed by atoms with Gasteiger partial charge in [-0.05, 0) is 29.6 Å². The Morgan fingerprint density at radius 3 is 2.46 bits per heavy atom. The van der Waals surface area contributed by atoms with Crippen LogP contribution in [0, 0.1) is 0 Å². The van der Waals surface area contributed by atoms with Crippen molar-refractivity contribution in [3.63, 3.8) is 0 Å². The fourth-order valence-electron chi connectivity index (χ4n) is 2.90. The minimum absolute atomic E-state index is 0.0550. The quantitative estimate of drug-likeness (QED) is 0.471. The van der Waals surface area contributed by atoms with Crippen molar-refractivity contribution in [1.82, 2.24) is 9.78 Å². The molecule has 130 valence electrons. The van der Waals surface area contributed by atoms with Crippen molar-refractivity contribution in [3.05, 3.63) is 82.5 Å². The number of ether oxygens (including phenoxy) is 1. The number of aryl methyl sites for hydroxylation is 1. The number of rotatable bonds is 6. The molecule has 26 heavy (non-hydrogen) atoms. The van der Waals surface area contributed by atoms with E-state index in [1.54, 1.807) is 16.0 Å². The number of aromatic nitrogens is 2. The Labute approximate surface area is 155 Å². The van der Waals surface area contributed by atoms with Gasteiger partial charge >= 0.3 is 0 Å². The molecule has 2 aromatic carbocycles. The predicted octanol–water partition coefficient (Wildman–Crippen LogP) is 4.59. The highest BCUT2D eigenvalue weighted by atomic mass is 32.1. The van der Waals surface area contributed by atoms with Crippen LogP contribution < -0.4 is 10.3 Å². The molecule has 0 saturated carbocycles. The number of nitrogens with zero attached hydrogens (tertiary/aromatic N) is 2. The van der Waals surface area contributed by atoms with Gasteiger partial charge in [0.1, 0.15) is 11.4 Å². The first kappa shape index (κ1) is 16.5. The second-order valence-corrected chi connectivity index (χ2v) is 6.86. The Morgan fingerprint density at radius 2 is 1.69 bits per heavy atom. The summed E-state index contributed by atoms with van der Waals surface area (Å²) in [5.74, 6) is 0.839. The van der Waals surface area contributed by atoms with E-state index in [-0.39, 0.29) is 5.56 Å². The van der Waals surface area contributed by atoms with Crippen LogP contribution >= 0.6 is 11.3 Å². The topological polar surface area (TPSA) is 44.1 Å². The van der Waals surface area contributed by atoms with Crippen LogP contribution in [-0.2, 0) is 6.54 Å². The SMILES string of the molecule is O=c1c2ccccc2c(-c2cccs2)nn1CCCOc1ccccc1. The summed E-state index contributed by atoms with van der Waals surface area (Å²) in [7, 11) is 0. The first-order valence-corrected chi connectivity index (χ1v) is 9.42. The highest BCUT2D eigenvalue weighted by Crippen LogP contribution is 2.28. The molecule has 0 atom stereocenters. The van der Waals surface area contributed by atoms with Gasteiger partial charge in [0, 0.05) is 18.4 Å². The van der Waals surface area contributed by atoms with Crippen LogP contribution in [0.15, 0.2) is 76.9 Å². The molecule has 0 spiro atoms. The fourth-order valence-corrected chi connectivity index (χ4v) is 3.63. The first-order chi connectivity index (χ1) is 12.8. The molecule has 0 aliphatic heterocycles. The molecule has 4 aromatic rings. The summed E-state index contributed by atoms with van der Waals surface area (Å²) in [6.45, 7) is 1.06. The highest BCUT2D eigenvalue weighted by Gasteiger charge is 2.12. The van der Waals surface area contributed by atoms with Crippen molar-refractivity contribution in [2.75, 3.05) is 6.61 Å². The van der Waals surface area contributed by atoms with E-state index in [1.165, 1.54) is 0 Å². The molecule has 0 bridgehead atoms. The maximum atomic E-state index is 12.8. The van der Waals surface area contributed by atoms with E-state index in [2.05, 4.69) is 5.10 Å². The smallest absolute Gasteiger partial charge is 0.274 e. The van der Waals surface area contributed by atoms with Gasteiger partial charge < -0.3 is 4.74 Å². The summed E-state index contributed by atoms with van der Waals surface area (Å²) in [6.07, 6.45) is 0.712. The van der Waals surface area contributed by atoms with Crippen molar-refractivity contribution < 1.29 is 4.74 Å². The Balaban J connectivity index is 1.59. The molecule has 0 fully saturated rings. The predicted molar refractivity (Wildman–Crippen MR) is 106 cm³/mol. The van der Waals surface area contributed by atoms with Gasteiger partial charge in [0.15, 0.2) is 0 Å². The lowest BCUT2D eigenvalue weighted by Gasteiger charge is -2.11. The van der Waals surface area contributed by atoms with E-state index in [0.717, 1.165) is 21.7 Å². The molecule has 4 rings (SSSR count). The van der Waals surface area contributed by atoms with Crippen molar-refractivity contribution in [3.8, 4) is 16.3 Å². The Morgan fingerprint density at radius 1 is 0.923 bits per heavy atom.